The summed E-state index contributed by atoms with van der Waals surface area (Å²) < 4.78 is 2.84. The lowest BCUT2D eigenvalue weighted by atomic mass is 10.1. The molecule has 0 aliphatic heterocycles. The van der Waals surface area contributed by atoms with Gasteiger partial charge in [-0.05, 0) is 51.4 Å². The van der Waals surface area contributed by atoms with E-state index >= 15 is 0 Å². The van der Waals surface area contributed by atoms with Gasteiger partial charge >= 0.3 is 11.9 Å². The maximum absolute atomic E-state index is 9.55. The van der Waals surface area contributed by atoms with E-state index < -0.39 is 11.9 Å². The van der Waals surface area contributed by atoms with Crippen LogP contribution in [-0.4, -0.2) is 83.5 Å². The molecule has 0 atom stereocenters. The Morgan fingerprint density at radius 1 is 0.381 bits per heavy atom. The molecule has 0 rings (SSSR count). The summed E-state index contributed by atoms with van der Waals surface area (Å²) in [5.41, 5.74) is 0. The fourth-order valence-electron chi connectivity index (χ4n) is 5.43. The van der Waals surface area contributed by atoms with E-state index in [-0.39, 0.29) is 0 Å². The molecule has 2 N–H and O–H groups in total. The number of carboxylic acid groups (broad SMARTS) is 2. The van der Waals surface area contributed by atoms with Crippen molar-refractivity contribution in [2.24, 2.45) is 0 Å². The van der Waals surface area contributed by atoms with Crippen LogP contribution in [0.1, 0.15) is 158 Å². The standard InChI is InChI=1S/2C16H36N.C4H4O4/c2*1-5-9-13-17(14-10-6-2,15-11-7-3)16-12-8-4;5-3(6)1-2-4(7)8/h2*5-16H2,1-4H3;1-2H,(H,5,6)(H,7,8)/q2*+1;/b;;2-1-. The van der Waals surface area contributed by atoms with Gasteiger partial charge in [-0.2, -0.15) is 0 Å². The first kappa shape index (κ1) is 45.0. The van der Waals surface area contributed by atoms with E-state index in [1.807, 2.05) is 0 Å². The quantitative estimate of drug-likeness (QED) is 0.0765. The Morgan fingerprint density at radius 2 is 0.524 bits per heavy atom. The van der Waals surface area contributed by atoms with Gasteiger partial charge < -0.3 is 19.2 Å². The molecule has 0 aromatic carbocycles. The molecule has 6 heteroatoms. The highest BCUT2D eigenvalue weighted by molar-refractivity contribution is 5.89. The Labute approximate surface area is 263 Å². The van der Waals surface area contributed by atoms with Crippen molar-refractivity contribution in [1.82, 2.24) is 0 Å². The average Bonchev–Trinajstić information content (AvgIpc) is 2.99. The molecule has 0 aliphatic rings. The van der Waals surface area contributed by atoms with Crippen LogP contribution in [0, 0.1) is 0 Å². The Kier molecular flexibility index (Phi) is 34.9. The van der Waals surface area contributed by atoms with Gasteiger partial charge in [0.1, 0.15) is 0 Å². The monoisotopic (exact) mass is 601 g/mol. The summed E-state index contributed by atoms with van der Waals surface area (Å²) in [6.07, 6.45) is 23.2. The molecule has 0 bridgehead atoms. The zero-order valence-electron chi connectivity index (χ0n) is 29.7. The summed E-state index contributed by atoms with van der Waals surface area (Å²) >= 11 is 0. The van der Waals surface area contributed by atoms with Crippen LogP contribution in [0.2, 0.25) is 0 Å². The molecule has 0 unspecified atom stereocenters. The molecule has 0 saturated heterocycles. The number of carboxylic acids is 2. The number of hydrogen-bond acceptors (Lipinski definition) is 2. The summed E-state index contributed by atoms with van der Waals surface area (Å²) in [5, 5.41) is 15.6. The normalized spacial score (nSPS) is 11.5. The first-order chi connectivity index (χ1) is 20.1. The van der Waals surface area contributed by atoms with Gasteiger partial charge in [-0.15, -0.1) is 0 Å². The van der Waals surface area contributed by atoms with Gasteiger partial charge in [-0.1, -0.05) is 107 Å². The van der Waals surface area contributed by atoms with Crippen molar-refractivity contribution in [3.8, 4) is 0 Å². The highest BCUT2D eigenvalue weighted by Crippen LogP contribution is 2.17. The third kappa shape index (κ3) is 28.7. The molecule has 0 fully saturated rings. The second-order valence-electron chi connectivity index (χ2n) is 12.3. The number of quaternary nitrogens is 2. The van der Waals surface area contributed by atoms with Crippen LogP contribution in [-0.2, 0) is 9.59 Å². The second-order valence-corrected chi connectivity index (χ2v) is 12.3. The molecular weight excluding hydrogens is 524 g/mol. The maximum Gasteiger partial charge on any atom is 0.328 e. The van der Waals surface area contributed by atoms with Crippen LogP contribution in [0.4, 0.5) is 0 Å². The zero-order chi connectivity index (χ0) is 32.5. The lowest BCUT2D eigenvalue weighted by Gasteiger charge is -2.39. The lowest BCUT2D eigenvalue weighted by Crippen LogP contribution is -2.50. The van der Waals surface area contributed by atoms with Crippen LogP contribution in [0.5, 0.6) is 0 Å². The average molecular weight is 601 g/mol. The van der Waals surface area contributed by atoms with Crippen LogP contribution in [0.15, 0.2) is 12.2 Å². The summed E-state index contributed by atoms with van der Waals surface area (Å²) in [6, 6.07) is 0. The van der Waals surface area contributed by atoms with Crippen molar-refractivity contribution in [3.05, 3.63) is 12.2 Å². The van der Waals surface area contributed by atoms with Crippen LogP contribution in [0.3, 0.4) is 0 Å². The minimum atomic E-state index is -1.26. The van der Waals surface area contributed by atoms with E-state index in [1.165, 1.54) is 164 Å². The van der Waals surface area contributed by atoms with Gasteiger partial charge in [0.05, 0.1) is 52.4 Å². The molecular formula is C36H76N2O4+2. The van der Waals surface area contributed by atoms with Gasteiger partial charge in [0.15, 0.2) is 0 Å². The summed E-state index contributed by atoms with van der Waals surface area (Å²) in [4.78, 5) is 19.1. The molecule has 0 amide bonds. The van der Waals surface area contributed by atoms with Crippen LogP contribution >= 0.6 is 0 Å². The molecule has 0 spiro atoms. The van der Waals surface area contributed by atoms with E-state index in [4.69, 9.17) is 10.2 Å². The van der Waals surface area contributed by atoms with Crippen molar-refractivity contribution < 1.29 is 28.8 Å². The molecule has 0 saturated carbocycles. The number of rotatable bonds is 26. The van der Waals surface area contributed by atoms with Crippen LogP contribution in [0.25, 0.3) is 0 Å². The lowest BCUT2D eigenvalue weighted by molar-refractivity contribution is -0.929. The molecule has 0 aromatic rings. The van der Waals surface area contributed by atoms with E-state index in [2.05, 4.69) is 55.4 Å². The molecule has 0 heterocycles. The van der Waals surface area contributed by atoms with E-state index in [9.17, 15) is 9.59 Å². The van der Waals surface area contributed by atoms with Gasteiger partial charge in [0.2, 0.25) is 0 Å². The predicted octanol–water partition coefficient (Wildman–Crippen LogP) is 9.72. The van der Waals surface area contributed by atoms with E-state index in [0.717, 1.165) is 0 Å². The molecule has 0 aliphatic carbocycles. The molecule has 6 nitrogen and oxygen atoms in total. The summed E-state index contributed by atoms with van der Waals surface area (Å²) in [7, 11) is 0. The highest BCUT2D eigenvalue weighted by atomic mass is 16.4. The van der Waals surface area contributed by atoms with Gasteiger partial charge in [-0.3, -0.25) is 0 Å². The van der Waals surface area contributed by atoms with Crippen molar-refractivity contribution in [2.45, 2.75) is 158 Å². The third-order valence-electron chi connectivity index (χ3n) is 8.26. The maximum atomic E-state index is 9.55. The first-order valence-electron chi connectivity index (χ1n) is 18.0. The first-order valence-corrected chi connectivity index (χ1v) is 18.0. The molecule has 42 heavy (non-hydrogen) atoms. The number of nitrogens with zero attached hydrogens (tertiary/aromatic N) is 2. The second kappa shape index (κ2) is 32.5. The Balaban J connectivity index is -0.000000579. The number of aliphatic carboxylic acids is 2. The van der Waals surface area contributed by atoms with Crippen molar-refractivity contribution in [1.29, 1.82) is 0 Å². The smallest absolute Gasteiger partial charge is 0.328 e. The summed E-state index contributed by atoms with van der Waals surface area (Å²) in [6.45, 7) is 30.0. The van der Waals surface area contributed by atoms with Crippen molar-refractivity contribution >= 4 is 11.9 Å². The fraction of sp³-hybridized carbons (Fsp3) is 0.889. The minimum absolute atomic E-state index is 0.558. The SMILES string of the molecule is CCCC[N+](CCCC)(CCCC)CCCC.CCCC[N+](CCCC)(CCCC)CCCC.O=C(O)/C=C\C(=O)O. The summed E-state index contributed by atoms with van der Waals surface area (Å²) in [5.74, 6) is -2.51. The predicted molar refractivity (Wildman–Crippen MR) is 183 cm³/mol. The number of carbonyl (C=O) groups is 2. The molecule has 0 aromatic heterocycles. The molecule has 0 radical (unpaired) electrons. The van der Waals surface area contributed by atoms with Crippen molar-refractivity contribution in [2.75, 3.05) is 52.4 Å². The van der Waals surface area contributed by atoms with E-state index in [1.54, 1.807) is 0 Å². The largest absolute Gasteiger partial charge is 0.478 e. The van der Waals surface area contributed by atoms with Crippen LogP contribution < -0.4 is 0 Å². The van der Waals surface area contributed by atoms with Crippen molar-refractivity contribution in [3.63, 3.8) is 0 Å². The molecule has 252 valence electrons. The number of unbranched alkanes of at least 4 members (excludes halogenated alkanes) is 8. The fourth-order valence-corrected chi connectivity index (χ4v) is 5.43. The Morgan fingerprint density at radius 3 is 0.619 bits per heavy atom. The van der Waals surface area contributed by atoms with Gasteiger partial charge in [-0.25, -0.2) is 9.59 Å². The van der Waals surface area contributed by atoms with Gasteiger partial charge in [0.25, 0.3) is 0 Å². The Hall–Kier alpha value is -1.40. The third-order valence-corrected chi connectivity index (χ3v) is 8.26. The topological polar surface area (TPSA) is 74.6 Å². The number of hydrogen-bond donors (Lipinski definition) is 2. The van der Waals surface area contributed by atoms with E-state index in [0.29, 0.717) is 12.2 Å². The van der Waals surface area contributed by atoms with Gasteiger partial charge in [0, 0.05) is 12.2 Å². The minimum Gasteiger partial charge on any atom is -0.478 e. The zero-order valence-corrected chi connectivity index (χ0v) is 29.7. The highest BCUT2D eigenvalue weighted by Gasteiger charge is 2.25. The Bertz CT molecular complexity index is 495.